The molecule has 1 nitrogen and oxygen atoms in total. The van der Waals surface area contributed by atoms with Crippen LogP contribution in [-0.4, -0.2) is 4.57 Å². The first kappa shape index (κ1) is 10.6. The number of benzene rings is 1. The second-order valence-electron chi connectivity index (χ2n) is 4.52. The predicted octanol–water partition coefficient (Wildman–Crippen LogP) is 4.03. The Labute approximate surface area is 95.7 Å². The normalized spacial score (nSPS) is 11.5. The largest absolute Gasteiger partial charge is 0.350 e. The quantitative estimate of drug-likeness (QED) is 0.722. The second kappa shape index (κ2) is 3.90. The number of aromatic nitrogens is 1. The second-order valence-corrected chi connectivity index (χ2v) is 4.96. The van der Waals surface area contributed by atoms with E-state index < -0.39 is 0 Å². The van der Waals surface area contributed by atoms with Crippen molar-refractivity contribution >= 4 is 22.5 Å². The first-order chi connectivity index (χ1) is 7.08. The van der Waals surface area contributed by atoms with Gasteiger partial charge in [-0.05, 0) is 36.1 Å². The first-order valence-electron chi connectivity index (χ1n) is 5.31. The van der Waals surface area contributed by atoms with Gasteiger partial charge in [-0.1, -0.05) is 25.4 Å². The molecule has 0 atom stereocenters. The Morgan fingerprint density at radius 3 is 2.73 bits per heavy atom. The van der Waals surface area contributed by atoms with Gasteiger partial charge in [0.25, 0.3) is 0 Å². The topological polar surface area (TPSA) is 4.93 Å². The zero-order chi connectivity index (χ0) is 11.0. The highest BCUT2D eigenvalue weighted by Crippen LogP contribution is 2.25. The molecule has 15 heavy (non-hydrogen) atoms. The summed E-state index contributed by atoms with van der Waals surface area (Å²) in [6, 6.07) is 6.10. The summed E-state index contributed by atoms with van der Waals surface area (Å²) in [6.45, 7) is 4.48. The minimum Gasteiger partial charge on any atom is -0.350 e. The molecule has 0 aliphatic carbocycles. The van der Waals surface area contributed by atoms with Crippen LogP contribution in [0.15, 0.2) is 24.4 Å². The number of rotatable bonds is 2. The van der Waals surface area contributed by atoms with E-state index in [1.807, 2.05) is 6.07 Å². The third-order valence-electron chi connectivity index (χ3n) is 2.66. The number of hydrogen-bond acceptors (Lipinski definition) is 0. The molecule has 0 aliphatic rings. The van der Waals surface area contributed by atoms with E-state index in [1.54, 1.807) is 0 Å². The summed E-state index contributed by atoms with van der Waals surface area (Å²) in [4.78, 5) is 0. The van der Waals surface area contributed by atoms with Gasteiger partial charge < -0.3 is 4.57 Å². The maximum absolute atomic E-state index is 6.03. The van der Waals surface area contributed by atoms with Crippen molar-refractivity contribution in [3.8, 4) is 0 Å². The fourth-order valence-electron chi connectivity index (χ4n) is 2.05. The third-order valence-corrected chi connectivity index (χ3v) is 2.90. The van der Waals surface area contributed by atoms with Crippen LogP contribution in [0.2, 0.25) is 5.02 Å². The molecular weight excluding hydrogens is 206 g/mol. The van der Waals surface area contributed by atoms with E-state index in [4.69, 9.17) is 11.6 Å². The minimum absolute atomic E-state index is 0.676. The number of nitrogens with zero attached hydrogens (tertiary/aromatic N) is 1. The monoisotopic (exact) mass is 221 g/mol. The average molecular weight is 222 g/mol. The smallest absolute Gasteiger partial charge is 0.0481 e. The predicted molar refractivity (Wildman–Crippen MR) is 66.5 cm³/mol. The van der Waals surface area contributed by atoms with E-state index in [0.29, 0.717) is 5.92 Å². The van der Waals surface area contributed by atoms with Crippen LogP contribution in [0.3, 0.4) is 0 Å². The van der Waals surface area contributed by atoms with Gasteiger partial charge in [-0.15, -0.1) is 0 Å². The molecular formula is C13H16ClN. The van der Waals surface area contributed by atoms with Gasteiger partial charge in [-0.3, -0.25) is 0 Å². The van der Waals surface area contributed by atoms with Gasteiger partial charge in [0.1, 0.15) is 0 Å². The molecule has 0 unspecified atom stereocenters. The van der Waals surface area contributed by atoms with Crippen molar-refractivity contribution in [2.45, 2.75) is 20.3 Å². The van der Waals surface area contributed by atoms with E-state index in [2.05, 4.69) is 43.8 Å². The molecule has 2 rings (SSSR count). The number of hydrogen-bond donors (Lipinski definition) is 0. The van der Waals surface area contributed by atoms with Crippen LogP contribution >= 0.6 is 11.6 Å². The zero-order valence-corrected chi connectivity index (χ0v) is 10.2. The Kier molecular flexibility index (Phi) is 2.74. The fourth-order valence-corrected chi connectivity index (χ4v) is 2.22. The molecule has 2 aromatic rings. The molecule has 0 N–H and O–H groups in total. The Morgan fingerprint density at radius 1 is 1.33 bits per heavy atom. The summed E-state index contributed by atoms with van der Waals surface area (Å²) in [6.07, 6.45) is 3.32. The molecule has 0 aliphatic heterocycles. The van der Waals surface area contributed by atoms with Gasteiger partial charge in [-0.2, -0.15) is 0 Å². The lowest BCUT2D eigenvalue weighted by Gasteiger charge is -2.02. The molecule has 0 amide bonds. The molecule has 0 saturated heterocycles. The van der Waals surface area contributed by atoms with Crippen molar-refractivity contribution in [2.24, 2.45) is 13.0 Å². The lowest BCUT2D eigenvalue weighted by molar-refractivity contribution is 0.648. The third kappa shape index (κ3) is 2.03. The Hall–Kier alpha value is -0.950. The maximum Gasteiger partial charge on any atom is 0.0481 e. The van der Waals surface area contributed by atoms with E-state index in [-0.39, 0.29) is 0 Å². The number of fused-ring (bicyclic) bond motifs is 1. The van der Waals surface area contributed by atoms with Crippen LogP contribution in [0, 0.1) is 5.92 Å². The molecule has 1 aromatic carbocycles. The summed E-state index contributed by atoms with van der Waals surface area (Å²) in [7, 11) is 2.08. The lowest BCUT2D eigenvalue weighted by Crippen LogP contribution is -1.92. The zero-order valence-electron chi connectivity index (χ0n) is 9.42. The van der Waals surface area contributed by atoms with Gasteiger partial charge >= 0.3 is 0 Å². The number of halogens is 1. The molecule has 0 saturated carbocycles. The van der Waals surface area contributed by atoms with Crippen molar-refractivity contribution in [1.29, 1.82) is 0 Å². The van der Waals surface area contributed by atoms with Crippen LogP contribution in [0.1, 0.15) is 19.4 Å². The van der Waals surface area contributed by atoms with Crippen LogP contribution in [0.25, 0.3) is 10.9 Å². The van der Waals surface area contributed by atoms with Crippen molar-refractivity contribution in [2.75, 3.05) is 0 Å². The molecule has 80 valence electrons. The van der Waals surface area contributed by atoms with Gasteiger partial charge in [0.15, 0.2) is 0 Å². The minimum atomic E-state index is 0.676. The molecule has 1 aromatic heterocycles. The Morgan fingerprint density at radius 2 is 2.07 bits per heavy atom. The van der Waals surface area contributed by atoms with E-state index >= 15 is 0 Å². The van der Waals surface area contributed by atoms with Crippen molar-refractivity contribution < 1.29 is 0 Å². The van der Waals surface area contributed by atoms with Crippen LogP contribution in [0.4, 0.5) is 0 Å². The standard InChI is InChI=1S/C13H16ClN/c1-9(2)6-10-8-15(3)13-5-4-11(14)7-12(10)13/h4-5,7-9H,6H2,1-3H3. The summed E-state index contributed by atoms with van der Waals surface area (Å²) < 4.78 is 2.17. The van der Waals surface area contributed by atoms with Crippen molar-refractivity contribution in [3.63, 3.8) is 0 Å². The number of aryl methyl sites for hydroxylation is 1. The Balaban J connectivity index is 2.59. The van der Waals surface area contributed by atoms with Crippen molar-refractivity contribution in [3.05, 3.63) is 35.0 Å². The molecule has 0 spiro atoms. The SMILES string of the molecule is CC(C)Cc1cn(C)c2ccc(Cl)cc12. The van der Waals surface area contributed by atoms with Crippen molar-refractivity contribution in [1.82, 2.24) is 4.57 Å². The van der Waals surface area contributed by atoms with Gasteiger partial charge in [0, 0.05) is 29.2 Å². The highest BCUT2D eigenvalue weighted by atomic mass is 35.5. The van der Waals surface area contributed by atoms with E-state index in [1.165, 1.54) is 16.5 Å². The summed E-state index contributed by atoms with van der Waals surface area (Å²) in [5.41, 5.74) is 2.65. The lowest BCUT2D eigenvalue weighted by atomic mass is 10.0. The molecule has 1 heterocycles. The first-order valence-corrected chi connectivity index (χ1v) is 5.69. The van der Waals surface area contributed by atoms with Gasteiger partial charge in [0.05, 0.1) is 0 Å². The van der Waals surface area contributed by atoms with Gasteiger partial charge in [0.2, 0.25) is 0 Å². The molecule has 0 bridgehead atoms. The Bertz CT molecular complexity index is 482. The average Bonchev–Trinajstić information content (AvgIpc) is 2.42. The van der Waals surface area contributed by atoms with E-state index in [9.17, 15) is 0 Å². The fraction of sp³-hybridized carbons (Fsp3) is 0.385. The summed E-state index contributed by atoms with van der Waals surface area (Å²) in [5, 5.41) is 2.11. The highest BCUT2D eigenvalue weighted by molar-refractivity contribution is 6.31. The molecule has 0 radical (unpaired) electrons. The summed E-state index contributed by atoms with van der Waals surface area (Å²) >= 11 is 6.03. The van der Waals surface area contributed by atoms with Crippen LogP contribution in [-0.2, 0) is 13.5 Å². The highest BCUT2D eigenvalue weighted by Gasteiger charge is 2.08. The van der Waals surface area contributed by atoms with Crippen LogP contribution < -0.4 is 0 Å². The molecule has 0 fully saturated rings. The van der Waals surface area contributed by atoms with Gasteiger partial charge in [-0.25, -0.2) is 0 Å². The van der Waals surface area contributed by atoms with E-state index in [0.717, 1.165) is 11.4 Å². The molecule has 2 heteroatoms. The van der Waals surface area contributed by atoms with Crippen LogP contribution in [0.5, 0.6) is 0 Å². The summed E-state index contributed by atoms with van der Waals surface area (Å²) in [5.74, 6) is 0.676. The maximum atomic E-state index is 6.03.